The summed E-state index contributed by atoms with van der Waals surface area (Å²) in [4.78, 5) is 25.9. The van der Waals surface area contributed by atoms with E-state index in [1.54, 1.807) is 23.1 Å². The lowest BCUT2D eigenvalue weighted by Crippen LogP contribution is -2.34. The molecular formula is C19H17F2N3O4. The predicted octanol–water partition coefficient (Wildman–Crippen LogP) is 2.87. The Morgan fingerprint density at radius 3 is 2.68 bits per heavy atom. The van der Waals surface area contributed by atoms with Crippen molar-refractivity contribution in [1.29, 1.82) is 0 Å². The van der Waals surface area contributed by atoms with Crippen molar-refractivity contribution in [3.63, 3.8) is 0 Å². The molecule has 2 N–H and O–H groups in total. The van der Waals surface area contributed by atoms with E-state index in [4.69, 9.17) is 9.47 Å². The zero-order valence-corrected chi connectivity index (χ0v) is 14.7. The van der Waals surface area contributed by atoms with Crippen molar-refractivity contribution >= 4 is 23.3 Å². The van der Waals surface area contributed by atoms with Crippen LogP contribution in [0.4, 0.5) is 25.0 Å². The Morgan fingerprint density at radius 2 is 1.89 bits per heavy atom. The van der Waals surface area contributed by atoms with E-state index < -0.39 is 23.4 Å². The number of urea groups is 1. The van der Waals surface area contributed by atoms with Gasteiger partial charge in [-0.2, -0.15) is 0 Å². The van der Waals surface area contributed by atoms with Gasteiger partial charge in [0.25, 0.3) is 0 Å². The van der Waals surface area contributed by atoms with Crippen molar-refractivity contribution in [2.75, 3.05) is 30.1 Å². The van der Waals surface area contributed by atoms with Gasteiger partial charge < -0.3 is 25.0 Å². The van der Waals surface area contributed by atoms with E-state index in [1.807, 2.05) is 0 Å². The number of para-hydroxylation sites is 1. The lowest BCUT2D eigenvalue weighted by Gasteiger charge is -2.17. The van der Waals surface area contributed by atoms with Crippen LogP contribution in [0.25, 0.3) is 0 Å². The molecule has 2 aliphatic heterocycles. The van der Waals surface area contributed by atoms with Crippen LogP contribution in [-0.2, 0) is 4.79 Å². The molecule has 0 aromatic heterocycles. The summed E-state index contributed by atoms with van der Waals surface area (Å²) >= 11 is 0. The maximum atomic E-state index is 13.6. The van der Waals surface area contributed by atoms with Crippen LogP contribution < -0.4 is 25.0 Å². The number of rotatable bonds is 4. The maximum absolute atomic E-state index is 13.6. The number of fused-ring (bicyclic) bond motifs is 1. The summed E-state index contributed by atoms with van der Waals surface area (Å²) < 4.78 is 37.8. The molecule has 0 radical (unpaired) electrons. The first-order valence-corrected chi connectivity index (χ1v) is 8.70. The first kappa shape index (κ1) is 18.0. The number of halogens is 2. The number of benzene rings is 2. The van der Waals surface area contributed by atoms with Crippen molar-refractivity contribution in [2.45, 2.75) is 6.42 Å². The van der Waals surface area contributed by atoms with Gasteiger partial charge in [-0.15, -0.1) is 0 Å². The van der Waals surface area contributed by atoms with Crippen molar-refractivity contribution in [2.24, 2.45) is 5.92 Å². The largest absolute Gasteiger partial charge is 0.454 e. The van der Waals surface area contributed by atoms with Crippen LogP contribution in [0.2, 0.25) is 0 Å². The molecule has 28 heavy (non-hydrogen) atoms. The normalized spacial score (nSPS) is 17.7. The van der Waals surface area contributed by atoms with Gasteiger partial charge in [0.15, 0.2) is 11.5 Å². The predicted molar refractivity (Wildman–Crippen MR) is 96.4 cm³/mol. The SMILES string of the molecule is O=C(NC[C@H]1CC(=O)N(c2ccc3c(c2)OCO3)C1)Nc1c(F)cccc1F. The van der Waals surface area contributed by atoms with Crippen LogP contribution in [0.1, 0.15) is 6.42 Å². The Bertz CT molecular complexity index is 917. The molecule has 0 aliphatic carbocycles. The fourth-order valence-corrected chi connectivity index (χ4v) is 3.23. The quantitative estimate of drug-likeness (QED) is 0.843. The van der Waals surface area contributed by atoms with Gasteiger partial charge in [-0.1, -0.05) is 6.07 Å². The third kappa shape index (κ3) is 3.55. The van der Waals surface area contributed by atoms with Crippen LogP contribution in [0, 0.1) is 17.6 Å². The van der Waals surface area contributed by atoms with E-state index in [1.165, 1.54) is 6.07 Å². The zero-order valence-electron chi connectivity index (χ0n) is 14.7. The number of nitrogens with zero attached hydrogens (tertiary/aromatic N) is 1. The first-order chi connectivity index (χ1) is 13.5. The van der Waals surface area contributed by atoms with Gasteiger partial charge in [0, 0.05) is 37.2 Å². The molecule has 7 nitrogen and oxygen atoms in total. The Hall–Kier alpha value is -3.36. The van der Waals surface area contributed by atoms with Gasteiger partial charge in [-0.05, 0) is 24.3 Å². The van der Waals surface area contributed by atoms with Gasteiger partial charge in [-0.25, -0.2) is 13.6 Å². The maximum Gasteiger partial charge on any atom is 0.319 e. The summed E-state index contributed by atoms with van der Waals surface area (Å²) in [6.07, 6.45) is 0.253. The van der Waals surface area contributed by atoms with Gasteiger partial charge in [0.05, 0.1) is 0 Å². The molecule has 2 aliphatic rings. The van der Waals surface area contributed by atoms with Gasteiger partial charge in [0.1, 0.15) is 17.3 Å². The second kappa shape index (κ2) is 7.34. The molecule has 146 valence electrons. The zero-order chi connectivity index (χ0) is 19.7. The molecule has 0 spiro atoms. The van der Waals surface area contributed by atoms with Gasteiger partial charge in [0.2, 0.25) is 12.7 Å². The third-order valence-corrected chi connectivity index (χ3v) is 4.63. The lowest BCUT2D eigenvalue weighted by molar-refractivity contribution is -0.117. The molecular weight excluding hydrogens is 372 g/mol. The number of anilines is 2. The molecule has 2 aromatic carbocycles. The average Bonchev–Trinajstić information content (AvgIpc) is 3.28. The van der Waals surface area contributed by atoms with E-state index in [-0.39, 0.29) is 31.6 Å². The van der Waals surface area contributed by atoms with Crippen LogP contribution in [0.5, 0.6) is 11.5 Å². The highest BCUT2D eigenvalue weighted by Crippen LogP contribution is 2.37. The monoisotopic (exact) mass is 389 g/mol. The molecule has 2 heterocycles. The molecule has 2 aromatic rings. The Balaban J connectivity index is 1.34. The van der Waals surface area contributed by atoms with Crippen LogP contribution >= 0.6 is 0 Å². The third-order valence-electron chi connectivity index (χ3n) is 4.63. The number of hydrogen-bond acceptors (Lipinski definition) is 4. The summed E-state index contributed by atoms with van der Waals surface area (Å²) in [5, 5.41) is 4.71. The average molecular weight is 389 g/mol. The second-order valence-electron chi connectivity index (χ2n) is 6.54. The fourth-order valence-electron chi connectivity index (χ4n) is 3.23. The van der Waals surface area contributed by atoms with E-state index >= 15 is 0 Å². The summed E-state index contributed by atoms with van der Waals surface area (Å²) in [5.41, 5.74) is 0.180. The molecule has 9 heteroatoms. The summed E-state index contributed by atoms with van der Waals surface area (Å²) in [7, 11) is 0. The van der Waals surface area contributed by atoms with Crippen LogP contribution in [0.15, 0.2) is 36.4 Å². The number of hydrogen-bond donors (Lipinski definition) is 2. The van der Waals surface area contributed by atoms with Crippen molar-refractivity contribution < 1.29 is 27.8 Å². The van der Waals surface area contributed by atoms with Gasteiger partial charge >= 0.3 is 6.03 Å². The first-order valence-electron chi connectivity index (χ1n) is 8.70. The molecule has 1 fully saturated rings. The number of carbonyl (C=O) groups is 2. The smallest absolute Gasteiger partial charge is 0.319 e. The molecule has 1 saturated heterocycles. The standard InChI is InChI=1S/C19H17F2N3O4/c20-13-2-1-3-14(21)18(13)23-19(26)22-8-11-6-17(25)24(9-11)12-4-5-15-16(7-12)28-10-27-15/h1-5,7,11H,6,8-10H2,(H2,22,23,26)/t11-/m1/s1. The minimum atomic E-state index is -0.861. The Kier molecular flexibility index (Phi) is 4.72. The minimum absolute atomic E-state index is 0.0776. The highest BCUT2D eigenvalue weighted by molar-refractivity contribution is 5.96. The van der Waals surface area contributed by atoms with Crippen molar-refractivity contribution in [1.82, 2.24) is 5.32 Å². The molecule has 1 atom stereocenters. The molecule has 0 bridgehead atoms. The number of carbonyl (C=O) groups excluding carboxylic acids is 2. The van der Waals surface area contributed by atoms with E-state index in [9.17, 15) is 18.4 Å². The lowest BCUT2D eigenvalue weighted by atomic mass is 10.1. The van der Waals surface area contributed by atoms with Crippen molar-refractivity contribution in [3.05, 3.63) is 48.0 Å². The molecule has 4 rings (SSSR count). The second-order valence-corrected chi connectivity index (χ2v) is 6.54. The van der Waals surface area contributed by atoms with Crippen LogP contribution in [0.3, 0.4) is 0 Å². The number of ether oxygens (including phenoxy) is 2. The Labute approximate surface area is 159 Å². The number of amides is 3. The minimum Gasteiger partial charge on any atom is -0.454 e. The topological polar surface area (TPSA) is 79.9 Å². The fraction of sp³-hybridized carbons (Fsp3) is 0.263. The number of nitrogens with one attached hydrogen (secondary N) is 2. The molecule has 0 saturated carbocycles. The van der Waals surface area contributed by atoms with E-state index in [2.05, 4.69) is 10.6 Å². The van der Waals surface area contributed by atoms with Crippen LogP contribution in [-0.4, -0.2) is 31.8 Å². The summed E-state index contributed by atoms with van der Waals surface area (Å²) in [5.74, 6) is -0.718. The Morgan fingerprint density at radius 1 is 1.14 bits per heavy atom. The van der Waals surface area contributed by atoms with Gasteiger partial charge in [-0.3, -0.25) is 4.79 Å². The highest BCUT2D eigenvalue weighted by Gasteiger charge is 2.31. The van der Waals surface area contributed by atoms with E-state index in [0.717, 1.165) is 12.1 Å². The van der Waals surface area contributed by atoms with E-state index in [0.29, 0.717) is 23.7 Å². The van der Waals surface area contributed by atoms with Crippen molar-refractivity contribution in [3.8, 4) is 11.5 Å². The highest BCUT2D eigenvalue weighted by atomic mass is 19.1. The summed E-state index contributed by atoms with van der Waals surface area (Å²) in [6, 6.07) is 7.83. The summed E-state index contributed by atoms with van der Waals surface area (Å²) in [6.45, 7) is 0.749. The molecule has 0 unspecified atom stereocenters. The molecule has 3 amide bonds.